The highest BCUT2D eigenvalue weighted by atomic mass is 31.2. The molecule has 0 aliphatic carbocycles. The zero-order valence-corrected chi connectivity index (χ0v) is 40.9. The fraction of sp³-hybridized carbons (Fsp3) is 0.689. The van der Waals surface area contributed by atoms with Crippen molar-refractivity contribution < 1.29 is 56.0 Å². The van der Waals surface area contributed by atoms with E-state index in [0.29, 0.717) is 6.42 Å². The van der Waals surface area contributed by atoms with Crippen LogP contribution in [-0.2, 0) is 56.0 Å². The van der Waals surface area contributed by atoms with Crippen molar-refractivity contribution >= 4 is 27.1 Å². The Balaban J connectivity index is 1.79. The van der Waals surface area contributed by atoms with Crippen molar-refractivity contribution in [3.63, 3.8) is 0 Å². The molecule has 61 heavy (non-hydrogen) atoms. The van der Waals surface area contributed by atoms with Gasteiger partial charge in [-0.3, -0.25) is 28.4 Å². The van der Waals surface area contributed by atoms with E-state index in [0.717, 1.165) is 11.1 Å². The molecule has 4 unspecified atom stereocenters. The quantitative estimate of drug-likeness (QED) is 0.0559. The van der Waals surface area contributed by atoms with Gasteiger partial charge >= 0.3 is 27.1 Å². The largest absolute Gasteiger partial charge is 0.462 e. The first-order valence-electron chi connectivity index (χ1n) is 21.5. The highest BCUT2D eigenvalue weighted by molar-refractivity contribution is 7.55. The van der Waals surface area contributed by atoms with Gasteiger partial charge < -0.3 is 27.6 Å². The molecule has 0 aromatic heterocycles. The fourth-order valence-corrected chi connectivity index (χ4v) is 13.3. The van der Waals surface area contributed by atoms with Crippen LogP contribution in [0.15, 0.2) is 60.7 Å². The van der Waals surface area contributed by atoms with Crippen LogP contribution < -0.4 is 0 Å². The van der Waals surface area contributed by atoms with Gasteiger partial charge in [-0.2, -0.15) is 10.1 Å². The van der Waals surface area contributed by atoms with Crippen LogP contribution in [0.3, 0.4) is 0 Å². The minimum absolute atomic E-state index is 0.172. The third-order valence-electron chi connectivity index (χ3n) is 10.0. The van der Waals surface area contributed by atoms with E-state index < -0.39 is 72.8 Å². The summed E-state index contributed by atoms with van der Waals surface area (Å²) >= 11 is 0. The summed E-state index contributed by atoms with van der Waals surface area (Å²) in [6.07, 6.45) is -1.47. The molecule has 1 aliphatic rings. The second-order valence-electron chi connectivity index (χ2n) is 18.5. The monoisotopic (exact) mass is 896 g/mol. The number of benzene rings is 2. The number of rotatable bonds is 24. The van der Waals surface area contributed by atoms with Crippen LogP contribution in [0.2, 0.25) is 0 Å². The second kappa shape index (κ2) is 22.4. The van der Waals surface area contributed by atoms with Gasteiger partial charge in [0.05, 0.1) is 39.3 Å². The molecule has 0 amide bonds. The third-order valence-corrected chi connectivity index (χ3v) is 15.6. The summed E-state index contributed by atoms with van der Waals surface area (Å²) in [5.74, 6) is -2.84. The number of carbonyl (C=O) groups excluding carboxylic acids is 2. The zero-order valence-electron chi connectivity index (χ0n) is 39.1. The molecule has 0 spiro atoms. The Morgan fingerprint density at radius 3 is 1.54 bits per heavy atom. The lowest BCUT2D eigenvalue weighted by Gasteiger charge is -2.48. The van der Waals surface area contributed by atoms with Gasteiger partial charge in [0.1, 0.15) is 37.0 Å². The Morgan fingerprint density at radius 1 is 0.705 bits per heavy atom. The lowest BCUT2D eigenvalue weighted by Crippen LogP contribution is -2.54. The van der Waals surface area contributed by atoms with Gasteiger partial charge in [-0.15, -0.1) is 0 Å². The van der Waals surface area contributed by atoms with Crippen molar-refractivity contribution in [3.8, 4) is 0 Å². The van der Waals surface area contributed by atoms with E-state index in [-0.39, 0.29) is 52.5 Å². The van der Waals surface area contributed by atoms with E-state index in [2.05, 4.69) is 0 Å². The van der Waals surface area contributed by atoms with Gasteiger partial charge in [0.2, 0.25) is 0 Å². The minimum Gasteiger partial charge on any atom is -0.462 e. The molecule has 0 N–H and O–H groups in total. The van der Waals surface area contributed by atoms with Gasteiger partial charge in [-0.05, 0) is 90.7 Å². The molecular weight excluding hydrogens is 822 g/mol. The summed E-state index contributed by atoms with van der Waals surface area (Å²) in [5, 5.41) is 3.37. The molecule has 346 valence electrons. The Morgan fingerprint density at radius 2 is 1.13 bits per heavy atom. The molecule has 2 aromatic carbocycles. The first-order chi connectivity index (χ1) is 28.4. The molecule has 0 saturated carbocycles. The average molecular weight is 897 g/mol. The van der Waals surface area contributed by atoms with E-state index in [9.17, 15) is 18.7 Å². The van der Waals surface area contributed by atoms with Gasteiger partial charge in [0, 0.05) is 11.1 Å². The van der Waals surface area contributed by atoms with E-state index >= 15 is 0 Å². The maximum atomic E-state index is 14.5. The Hall–Kier alpha value is -2.48. The van der Waals surface area contributed by atoms with E-state index in [4.69, 9.17) is 37.2 Å². The maximum Gasteiger partial charge on any atom is 0.350 e. The standard InChI is InChI=1S/C45H74N2O12P2/c1-15-54-60(50,55-16-2)40(42(5,6)7)46(43(8,9)10)58-36(34-25-21-19-22-26-34)31-52-38(48)29-30-39(49)53-32-37(35-27-23-20-24-28-35)59-47-41(44(11,12)33-45(47,13)14)61(51,56-17-3)57-18-4/h19-28,36-37,40-41H,15-18,29-33H2,1-14H3. The summed E-state index contributed by atoms with van der Waals surface area (Å²) in [7, 11) is -7.48. The molecule has 2 aromatic rings. The number of nitrogens with zero attached hydrogens (tertiary/aromatic N) is 2. The van der Waals surface area contributed by atoms with Crippen LogP contribution in [0.25, 0.3) is 0 Å². The first kappa shape index (κ1) is 52.9. The molecule has 3 rings (SSSR count). The molecule has 1 saturated heterocycles. The third kappa shape index (κ3) is 14.5. The Labute approximate surface area is 365 Å². The number of ether oxygens (including phenoxy) is 2. The Kier molecular flexibility index (Phi) is 19.4. The molecule has 16 heteroatoms. The van der Waals surface area contributed by atoms with Crippen molar-refractivity contribution in [2.45, 2.75) is 151 Å². The summed E-state index contributed by atoms with van der Waals surface area (Å²) < 4.78 is 63.8. The van der Waals surface area contributed by atoms with Crippen molar-refractivity contribution in [3.05, 3.63) is 71.8 Å². The number of esters is 2. The van der Waals surface area contributed by atoms with Crippen LogP contribution in [0, 0.1) is 10.8 Å². The van der Waals surface area contributed by atoms with Crippen molar-refractivity contribution in [2.24, 2.45) is 10.8 Å². The normalized spacial score (nSPS) is 18.8. The van der Waals surface area contributed by atoms with Gasteiger partial charge in [0.15, 0.2) is 0 Å². The number of hydrogen-bond acceptors (Lipinski definition) is 14. The lowest BCUT2D eigenvalue weighted by atomic mass is 9.86. The van der Waals surface area contributed by atoms with Crippen molar-refractivity contribution in [2.75, 3.05) is 39.6 Å². The van der Waals surface area contributed by atoms with Crippen LogP contribution in [0.4, 0.5) is 0 Å². The smallest absolute Gasteiger partial charge is 0.350 e. The molecule has 0 bridgehead atoms. The maximum absolute atomic E-state index is 14.5. The second-order valence-corrected chi connectivity index (χ2v) is 22.7. The molecule has 1 fully saturated rings. The van der Waals surface area contributed by atoms with Crippen LogP contribution >= 0.6 is 15.2 Å². The van der Waals surface area contributed by atoms with Gasteiger partial charge in [-0.1, -0.05) is 95.3 Å². The summed E-state index contributed by atoms with van der Waals surface area (Å²) in [6, 6.07) is 18.6. The van der Waals surface area contributed by atoms with Gasteiger partial charge in [-0.25, -0.2) is 0 Å². The summed E-state index contributed by atoms with van der Waals surface area (Å²) in [4.78, 5) is 40.0. The Bertz CT molecular complexity index is 1740. The van der Waals surface area contributed by atoms with Crippen molar-refractivity contribution in [1.29, 1.82) is 0 Å². The zero-order chi connectivity index (χ0) is 45.9. The molecule has 1 aliphatic heterocycles. The number of hydrogen-bond donors (Lipinski definition) is 0. The highest BCUT2D eigenvalue weighted by Gasteiger charge is 2.61. The fourth-order valence-electron chi connectivity index (χ4n) is 7.97. The molecule has 4 atom stereocenters. The van der Waals surface area contributed by atoms with Crippen molar-refractivity contribution in [1.82, 2.24) is 10.1 Å². The predicted octanol–water partition coefficient (Wildman–Crippen LogP) is 11.0. The van der Waals surface area contributed by atoms with E-state index in [1.54, 1.807) is 37.8 Å². The molecular formula is C45H74N2O12P2. The summed E-state index contributed by atoms with van der Waals surface area (Å²) in [6.45, 7) is 27.1. The van der Waals surface area contributed by atoms with Gasteiger partial charge in [0.25, 0.3) is 0 Å². The summed E-state index contributed by atoms with van der Waals surface area (Å²) in [5.41, 5.74) is -1.02. The number of hydroxylamine groups is 4. The number of carbonyl (C=O) groups is 2. The van der Waals surface area contributed by atoms with Crippen LogP contribution in [0.1, 0.15) is 140 Å². The van der Waals surface area contributed by atoms with E-state index in [1.165, 1.54) is 0 Å². The van der Waals surface area contributed by atoms with E-state index in [1.807, 2.05) is 130 Å². The first-order valence-corrected chi connectivity index (χ1v) is 24.7. The molecule has 0 radical (unpaired) electrons. The predicted molar refractivity (Wildman–Crippen MR) is 236 cm³/mol. The average Bonchev–Trinajstić information content (AvgIpc) is 3.35. The SMILES string of the molecule is CCOP(=O)(OCC)C(N(OC(COC(=O)CCC(=O)OCC(ON1C(P(=O)(OCC)OCC)C(C)(C)CC1(C)C)c1ccccc1)c1ccccc1)C(C)(C)C)C(C)(C)C. The van der Waals surface area contributed by atoms with Crippen LogP contribution in [0.5, 0.6) is 0 Å². The van der Waals surface area contributed by atoms with Crippen LogP contribution in [-0.4, -0.2) is 84.4 Å². The topological polar surface area (TPSA) is 149 Å². The highest BCUT2D eigenvalue weighted by Crippen LogP contribution is 2.66. The molecule has 1 heterocycles. The minimum atomic E-state index is -3.78. The molecule has 14 nitrogen and oxygen atoms in total. The lowest BCUT2D eigenvalue weighted by molar-refractivity contribution is -0.275.